The molecule has 0 aromatic heterocycles. The number of likely N-dealkylation sites (tertiary alicyclic amines) is 1. The fourth-order valence-corrected chi connectivity index (χ4v) is 1.53. The van der Waals surface area contributed by atoms with E-state index in [1.165, 1.54) is 0 Å². The Bertz CT molecular complexity index is 125. The molecule has 0 spiro atoms. The standard InChI is InChI=1S/C9H18FN/c1-7(2)8(3)11-5-4-9(10)6-11/h7-9H,4-6H2,1-3H3/t8-,9+/m1/s1. The minimum absolute atomic E-state index is 0.538. The highest BCUT2D eigenvalue weighted by Crippen LogP contribution is 2.18. The first-order valence-electron chi connectivity index (χ1n) is 4.49. The van der Waals surface area contributed by atoms with Gasteiger partial charge in [0.15, 0.2) is 0 Å². The molecule has 0 amide bonds. The summed E-state index contributed by atoms with van der Waals surface area (Å²) in [6.07, 6.45) is 0.160. The first kappa shape index (κ1) is 8.98. The number of rotatable bonds is 2. The first-order valence-corrected chi connectivity index (χ1v) is 4.49. The molecule has 1 saturated heterocycles. The van der Waals surface area contributed by atoms with Crippen molar-refractivity contribution in [3.63, 3.8) is 0 Å². The van der Waals surface area contributed by atoms with E-state index < -0.39 is 6.17 Å². The van der Waals surface area contributed by atoms with Crippen molar-refractivity contribution in [2.75, 3.05) is 13.1 Å². The smallest absolute Gasteiger partial charge is 0.114 e. The van der Waals surface area contributed by atoms with Crippen LogP contribution in [0.15, 0.2) is 0 Å². The van der Waals surface area contributed by atoms with Crippen LogP contribution < -0.4 is 0 Å². The minimum Gasteiger partial charge on any atom is -0.297 e. The fraction of sp³-hybridized carbons (Fsp3) is 1.00. The number of halogens is 1. The van der Waals surface area contributed by atoms with Gasteiger partial charge >= 0.3 is 0 Å². The molecule has 1 nitrogen and oxygen atoms in total. The molecule has 0 N–H and O–H groups in total. The molecule has 0 aliphatic carbocycles. The van der Waals surface area contributed by atoms with E-state index in [-0.39, 0.29) is 0 Å². The molecule has 0 radical (unpaired) electrons. The highest BCUT2D eigenvalue weighted by Gasteiger charge is 2.26. The lowest BCUT2D eigenvalue weighted by molar-refractivity contribution is 0.192. The van der Waals surface area contributed by atoms with Crippen LogP contribution in [-0.2, 0) is 0 Å². The zero-order chi connectivity index (χ0) is 8.43. The van der Waals surface area contributed by atoms with Gasteiger partial charge in [-0.25, -0.2) is 4.39 Å². The molecule has 1 aliphatic rings. The van der Waals surface area contributed by atoms with Crippen molar-refractivity contribution >= 4 is 0 Å². The third-order valence-electron chi connectivity index (χ3n) is 2.70. The molecule has 1 aliphatic heterocycles. The molecule has 0 unspecified atom stereocenters. The van der Waals surface area contributed by atoms with Gasteiger partial charge in [-0.2, -0.15) is 0 Å². The van der Waals surface area contributed by atoms with E-state index in [1.54, 1.807) is 0 Å². The van der Waals surface area contributed by atoms with Crippen LogP contribution in [0.5, 0.6) is 0 Å². The van der Waals surface area contributed by atoms with Gasteiger partial charge in [-0.1, -0.05) is 13.8 Å². The van der Waals surface area contributed by atoms with Crippen LogP contribution in [0.2, 0.25) is 0 Å². The van der Waals surface area contributed by atoms with Gasteiger partial charge in [-0.15, -0.1) is 0 Å². The molecule has 11 heavy (non-hydrogen) atoms. The van der Waals surface area contributed by atoms with E-state index in [1.807, 2.05) is 0 Å². The van der Waals surface area contributed by atoms with Gasteiger partial charge in [0.25, 0.3) is 0 Å². The van der Waals surface area contributed by atoms with Crippen LogP contribution in [0, 0.1) is 5.92 Å². The lowest BCUT2D eigenvalue weighted by atomic mass is 10.1. The molecule has 66 valence electrons. The molecule has 1 heterocycles. The van der Waals surface area contributed by atoms with Crippen LogP contribution in [0.3, 0.4) is 0 Å². The third kappa shape index (κ3) is 2.16. The third-order valence-corrected chi connectivity index (χ3v) is 2.70. The van der Waals surface area contributed by atoms with Crippen molar-refractivity contribution in [3.8, 4) is 0 Å². The second-order valence-electron chi connectivity index (χ2n) is 3.87. The number of alkyl halides is 1. The van der Waals surface area contributed by atoms with Crippen molar-refractivity contribution in [2.24, 2.45) is 5.92 Å². The Morgan fingerprint density at radius 1 is 1.36 bits per heavy atom. The SMILES string of the molecule is CC(C)[C@@H](C)N1CC[C@H](F)C1. The molecule has 2 atom stereocenters. The van der Waals surface area contributed by atoms with E-state index in [0.29, 0.717) is 18.5 Å². The van der Waals surface area contributed by atoms with Gasteiger partial charge in [0.2, 0.25) is 0 Å². The van der Waals surface area contributed by atoms with Crippen LogP contribution in [0.4, 0.5) is 4.39 Å². The van der Waals surface area contributed by atoms with Crippen LogP contribution >= 0.6 is 0 Å². The Morgan fingerprint density at radius 2 is 2.00 bits per heavy atom. The molecule has 0 aromatic rings. The summed E-state index contributed by atoms with van der Waals surface area (Å²) in [6, 6.07) is 0.538. The normalized spacial score (nSPS) is 29.7. The number of hydrogen-bond acceptors (Lipinski definition) is 1. The van der Waals surface area contributed by atoms with Gasteiger partial charge in [-0.05, 0) is 19.3 Å². The van der Waals surface area contributed by atoms with E-state index in [4.69, 9.17) is 0 Å². The summed E-state index contributed by atoms with van der Waals surface area (Å²) < 4.78 is 12.8. The maximum Gasteiger partial charge on any atom is 0.114 e. The van der Waals surface area contributed by atoms with Crippen molar-refractivity contribution in [1.29, 1.82) is 0 Å². The second kappa shape index (κ2) is 3.53. The second-order valence-corrected chi connectivity index (χ2v) is 3.87. The monoisotopic (exact) mass is 159 g/mol. The van der Waals surface area contributed by atoms with Crippen LogP contribution in [0.25, 0.3) is 0 Å². The van der Waals surface area contributed by atoms with Crippen LogP contribution in [0.1, 0.15) is 27.2 Å². The average molecular weight is 159 g/mol. The van der Waals surface area contributed by atoms with Crippen molar-refractivity contribution in [3.05, 3.63) is 0 Å². The lowest BCUT2D eigenvalue weighted by Crippen LogP contribution is -2.34. The maximum absolute atomic E-state index is 12.8. The fourth-order valence-electron chi connectivity index (χ4n) is 1.53. The molecule has 0 bridgehead atoms. The Hall–Kier alpha value is -0.110. The van der Waals surface area contributed by atoms with Crippen molar-refractivity contribution < 1.29 is 4.39 Å². The van der Waals surface area contributed by atoms with Gasteiger partial charge in [0.05, 0.1) is 0 Å². The Balaban J connectivity index is 2.36. The molecular formula is C9H18FN. The van der Waals surface area contributed by atoms with E-state index in [0.717, 1.165) is 13.0 Å². The Labute approximate surface area is 68.6 Å². The predicted octanol–water partition coefficient (Wildman–Crippen LogP) is 2.07. The Morgan fingerprint density at radius 3 is 2.36 bits per heavy atom. The zero-order valence-electron chi connectivity index (χ0n) is 7.68. The summed E-state index contributed by atoms with van der Waals surface area (Å²) in [7, 11) is 0. The summed E-state index contributed by atoms with van der Waals surface area (Å²) in [5, 5.41) is 0. The van der Waals surface area contributed by atoms with Gasteiger partial charge in [0, 0.05) is 19.1 Å². The zero-order valence-corrected chi connectivity index (χ0v) is 7.68. The highest BCUT2D eigenvalue weighted by atomic mass is 19.1. The van der Waals surface area contributed by atoms with Gasteiger partial charge in [-0.3, -0.25) is 4.90 Å². The quantitative estimate of drug-likeness (QED) is 0.596. The van der Waals surface area contributed by atoms with Crippen molar-refractivity contribution in [1.82, 2.24) is 4.90 Å². The largest absolute Gasteiger partial charge is 0.297 e. The van der Waals surface area contributed by atoms with E-state index in [2.05, 4.69) is 25.7 Å². The molecule has 0 saturated carbocycles. The van der Waals surface area contributed by atoms with E-state index in [9.17, 15) is 4.39 Å². The number of nitrogens with zero attached hydrogens (tertiary/aromatic N) is 1. The molecule has 1 rings (SSSR count). The predicted molar refractivity (Wildman–Crippen MR) is 45.4 cm³/mol. The lowest BCUT2D eigenvalue weighted by Gasteiger charge is -2.26. The number of hydrogen-bond donors (Lipinski definition) is 0. The van der Waals surface area contributed by atoms with Crippen LogP contribution in [-0.4, -0.2) is 30.2 Å². The summed E-state index contributed by atoms with van der Waals surface area (Å²) in [6.45, 7) is 8.16. The first-order chi connectivity index (χ1) is 5.11. The summed E-state index contributed by atoms with van der Waals surface area (Å²) >= 11 is 0. The molecule has 1 fully saturated rings. The molecule has 2 heteroatoms. The van der Waals surface area contributed by atoms with Gasteiger partial charge < -0.3 is 0 Å². The van der Waals surface area contributed by atoms with Crippen molar-refractivity contribution in [2.45, 2.75) is 39.4 Å². The highest BCUT2D eigenvalue weighted by molar-refractivity contribution is 4.80. The Kier molecular flexibility index (Phi) is 2.88. The molecule has 0 aromatic carbocycles. The summed E-state index contributed by atoms with van der Waals surface area (Å²) in [5.74, 6) is 0.639. The average Bonchev–Trinajstić information content (AvgIpc) is 2.34. The maximum atomic E-state index is 12.8. The summed E-state index contributed by atoms with van der Waals surface area (Å²) in [4.78, 5) is 2.25. The van der Waals surface area contributed by atoms with Gasteiger partial charge in [0.1, 0.15) is 6.17 Å². The topological polar surface area (TPSA) is 3.24 Å². The minimum atomic E-state index is -0.573. The summed E-state index contributed by atoms with van der Waals surface area (Å²) in [5.41, 5.74) is 0. The van der Waals surface area contributed by atoms with E-state index >= 15 is 0 Å². The molecular weight excluding hydrogens is 141 g/mol.